The molecule has 0 radical (unpaired) electrons. The average Bonchev–Trinajstić information content (AvgIpc) is 2.14. The van der Waals surface area contributed by atoms with Gasteiger partial charge in [0.05, 0.1) is 0 Å². The first-order valence-electron chi connectivity index (χ1n) is 4.31. The highest BCUT2D eigenvalue weighted by Gasteiger charge is 2.06. The van der Waals surface area contributed by atoms with Crippen molar-refractivity contribution in [3.63, 3.8) is 0 Å². The lowest BCUT2D eigenvalue weighted by Crippen LogP contribution is -2.42. The van der Waals surface area contributed by atoms with E-state index in [0.717, 1.165) is 19.4 Å². The number of hydrogen-bond donors (Lipinski definition) is 1. The van der Waals surface area contributed by atoms with Crippen molar-refractivity contribution < 1.29 is 4.68 Å². The predicted octanol–water partition coefficient (Wildman–Crippen LogP) is 0.579. The summed E-state index contributed by atoms with van der Waals surface area (Å²) in [6.45, 7) is 2.93. The second kappa shape index (κ2) is 5.01. The lowest BCUT2D eigenvalue weighted by Gasteiger charge is -1.93. The molecule has 13 heavy (non-hydrogen) atoms. The molecule has 0 spiro atoms. The van der Waals surface area contributed by atoms with Gasteiger partial charge in [-0.1, -0.05) is 29.8 Å². The van der Waals surface area contributed by atoms with E-state index < -0.39 is 0 Å². The van der Waals surface area contributed by atoms with Crippen LogP contribution in [0.2, 0.25) is 0 Å². The topological polar surface area (TPSA) is 49.6 Å². The fourth-order valence-corrected chi connectivity index (χ4v) is 1.36. The first-order valence-corrected chi connectivity index (χ1v) is 5.54. The van der Waals surface area contributed by atoms with Crippen molar-refractivity contribution in [3.05, 3.63) is 16.6 Å². The summed E-state index contributed by atoms with van der Waals surface area (Å²) < 4.78 is 1.70. The second-order valence-corrected chi connectivity index (χ2v) is 3.54. The number of thioether (sulfide) groups is 1. The van der Waals surface area contributed by atoms with Gasteiger partial charge in [-0.2, -0.15) is 0 Å². The monoisotopic (exact) mass is 200 g/mol. The Labute approximate surface area is 81.4 Å². The smallest absolute Gasteiger partial charge is 0.291 e. The van der Waals surface area contributed by atoms with Crippen LogP contribution in [0.4, 0.5) is 0 Å². The van der Waals surface area contributed by atoms with Crippen molar-refractivity contribution in [1.82, 2.24) is 10.1 Å². The highest BCUT2D eigenvalue weighted by molar-refractivity contribution is 7.98. The second-order valence-electron chi connectivity index (χ2n) is 2.74. The number of aromatic nitrogens is 3. The molecule has 5 heteroatoms. The number of aromatic amines is 1. The highest BCUT2D eigenvalue weighted by atomic mass is 32.2. The Kier molecular flexibility index (Phi) is 3.95. The van der Waals surface area contributed by atoms with Gasteiger partial charge < -0.3 is 0 Å². The maximum atomic E-state index is 11.1. The molecule has 0 aliphatic rings. The van der Waals surface area contributed by atoms with Crippen LogP contribution in [0, 0.1) is 0 Å². The van der Waals surface area contributed by atoms with Crippen LogP contribution in [-0.2, 0) is 6.54 Å². The average molecular weight is 200 g/mol. The fraction of sp³-hybridized carbons (Fsp3) is 0.625. The van der Waals surface area contributed by atoms with Gasteiger partial charge >= 0.3 is 5.56 Å². The molecule has 0 unspecified atom stereocenters. The number of nitrogens with zero attached hydrogens (tertiary/aromatic N) is 2. The standard InChI is InChI=1S/C8H13N3OS/c1-3-4-5-11-6-7(12)9-8(10-11)13-2/h6H,3-5H2,1-2H3/p+1. The number of unbranched alkanes of at least 4 members (excludes halogenated alkanes) is 1. The zero-order valence-corrected chi connectivity index (χ0v) is 8.73. The predicted molar refractivity (Wildman–Crippen MR) is 51.7 cm³/mol. The Bertz CT molecular complexity index is 323. The molecule has 0 bridgehead atoms. The molecule has 72 valence electrons. The number of hydrogen-bond acceptors (Lipinski definition) is 3. The van der Waals surface area contributed by atoms with Gasteiger partial charge in [-0.3, -0.25) is 9.78 Å². The molecule has 1 heterocycles. The van der Waals surface area contributed by atoms with Gasteiger partial charge in [0.1, 0.15) is 0 Å². The van der Waals surface area contributed by atoms with E-state index in [1.165, 1.54) is 18.0 Å². The van der Waals surface area contributed by atoms with Crippen molar-refractivity contribution in [1.29, 1.82) is 0 Å². The first kappa shape index (κ1) is 10.2. The van der Waals surface area contributed by atoms with Crippen molar-refractivity contribution in [2.24, 2.45) is 0 Å². The lowest BCUT2D eigenvalue weighted by molar-refractivity contribution is -0.758. The lowest BCUT2D eigenvalue weighted by atomic mass is 10.3. The van der Waals surface area contributed by atoms with E-state index in [9.17, 15) is 4.79 Å². The molecule has 0 aliphatic carbocycles. The molecule has 0 amide bonds. The molecule has 1 aromatic rings. The minimum absolute atomic E-state index is 0.0875. The minimum atomic E-state index is -0.0875. The summed E-state index contributed by atoms with van der Waals surface area (Å²) in [5.74, 6) is 0. The van der Waals surface area contributed by atoms with Gasteiger partial charge in [0.25, 0.3) is 6.20 Å². The van der Waals surface area contributed by atoms with E-state index in [1.54, 1.807) is 4.68 Å². The molecule has 0 aromatic carbocycles. The van der Waals surface area contributed by atoms with Crippen LogP contribution in [0.15, 0.2) is 16.1 Å². The van der Waals surface area contributed by atoms with Crippen molar-refractivity contribution in [2.75, 3.05) is 6.26 Å². The molecule has 0 atom stereocenters. The molecule has 1 N–H and O–H groups in total. The van der Waals surface area contributed by atoms with Gasteiger partial charge in [0.2, 0.25) is 5.16 Å². The van der Waals surface area contributed by atoms with Crippen LogP contribution in [0.1, 0.15) is 19.8 Å². The Hall–Kier alpha value is -0.840. The zero-order valence-electron chi connectivity index (χ0n) is 7.91. The third kappa shape index (κ3) is 3.18. The summed E-state index contributed by atoms with van der Waals surface area (Å²) >= 11 is 1.44. The minimum Gasteiger partial charge on any atom is -0.291 e. The molecule has 0 aliphatic heterocycles. The molecule has 4 nitrogen and oxygen atoms in total. The van der Waals surface area contributed by atoms with E-state index in [1.807, 2.05) is 6.26 Å². The Balaban J connectivity index is 2.82. The van der Waals surface area contributed by atoms with Gasteiger partial charge in [0, 0.05) is 11.5 Å². The molecular weight excluding hydrogens is 186 g/mol. The van der Waals surface area contributed by atoms with E-state index >= 15 is 0 Å². The van der Waals surface area contributed by atoms with Gasteiger partial charge in [-0.25, -0.2) is 0 Å². The van der Waals surface area contributed by atoms with E-state index in [-0.39, 0.29) is 5.56 Å². The number of aryl methyl sites for hydroxylation is 1. The molecule has 0 saturated heterocycles. The fourth-order valence-electron chi connectivity index (χ4n) is 0.970. The summed E-state index contributed by atoms with van der Waals surface area (Å²) in [6, 6.07) is 0. The molecule has 0 fully saturated rings. The quantitative estimate of drug-likeness (QED) is 0.571. The third-order valence-electron chi connectivity index (χ3n) is 1.65. The Morgan fingerprint density at radius 1 is 1.69 bits per heavy atom. The normalized spacial score (nSPS) is 10.3. The van der Waals surface area contributed by atoms with Gasteiger partial charge in [-0.15, -0.1) is 0 Å². The molecule has 0 saturated carbocycles. The summed E-state index contributed by atoms with van der Waals surface area (Å²) in [7, 11) is 0. The summed E-state index contributed by atoms with van der Waals surface area (Å²) in [4.78, 5) is 13.8. The van der Waals surface area contributed by atoms with Crippen molar-refractivity contribution in [3.8, 4) is 0 Å². The SMILES string of the molecule is CCCC[n+]1cc(=O)[nH]c(SC)n1. The van der Waals surface area contributed by atoms with Crippen LogP contribution in [0.25, 0.3) is 0 Å². The van der Waals surface area contributed by atoms with Crippen LogP contribution in [-0.4, -0.2) is 16.3 Å². The van der Waals surface area contributed by atoms with E-state index in [2.05, 4.69) is 17.0 Å². The summed E-state index contributed by atoms with van der Waals surface area (Å²) in [5, 5.41) is 4.88. The van der Waals surface area contributed by atoms with Crippen LogP contribution < -0.4 is 10.2 Å². The molecular formula is C8H14N3OS+. The number of rotatable bonds is 4. The highest BCUT2D eigenvalue weighted by Crippen LogP contribution is 2.00. The molecule has 1 aromatic heterocycles. The zero-order chi connectivity index (χ0) is 9.68. The van der Waals surface area contributed by atoms with Crippen molar-refractivity contribution >= 4 is 11.8 Å². The van der Waals surface area contributed by atoms with E-state index in [0.29, 0.717) is 5.16 Å². The molecule has 1 rings (SSSR count). The Morgan fingerprint density at radius 2 is 2.46 bits per heavy atom. The largest absolute Gasteiger partial charge is 0.316 e. The van der Waals surface area contributed by atoms with Crippen LogP contribution >= 0.6 is 11.8 Å². The van der Waals surface area contributed by atoms with Gasteiger partial charge in [-0.05, 0) is 6.26 Å². The number of nitrogens with one attached hydrogen (secondary N) is 1. The summed E-state index contributed by atoms with van der Waals surface area (Å²) in [5.41, 5.74) is -0.0875. The van der Waals surface area contributed by atoms with Crippen LogP contribution in [0.3, 0.4) is 0 Å². The maximum absolute atomic E-state index is 11.1. The van der Waals surface area contributed by atoms with Gasteiger partial charge in [0.15, 0.2) is 6.54 Å². The summed E-state index contributed by atoms with van der Waals surface area (Å²) in [6.07, 6.45) is 5.54. The van der Waals surface area contributed by atoms with E-state index in [4.69, 9.17) is 0 Å². The maximum Gasteiger partial charge on any atom is 0.316 e. The Morgan fingerprint density at radius 3 is 3.08 bits per heavy atom. The first-order chi connectivity index (χ1) is 6.26. The number of H-pyrrole nitrogens is 1. The van der Waals surface area contributed by atoms with Crippen molar-refractivity contribution in [2.45, 2.75) is 31.5 Å². The third-order valence-corrected chi connectivity index (χ3v) is 2.22. The van der Waals surface area contributed by atoms with Crippen LogP contribution in [0.5, 0.6) is 0 Å².